The number of rotatable bonds is 2. The fourth-order valence-electron chi connectivity index (χ4n) is 3.23. The van der Waals surface area contributed by atoms with Gasteiger partial charge in [0.1, 0.15) is 0 Å². The van der Waals surface area contributed by atoms with Crippen molar-refractivity contribution in [3.05, 3.63) is 0 Å². The molecule has 0 bridgehead atoms. The van der Waals surface area contributed by atoms with Gasteiger partial charge in [0, 0.05) is 0 Å². The van der Waals surface area contributed by atoms with E-state index in [1.165, 1.54) is 51.4 Å². The second kappa shape index (κ2) is 6.48. The maximum atomic E-state index is 2.51. The third-order valence-corrected chi connectivity index (χ3v) is 4.44. The van der Waals surface area contributed by atoms with Crippen LogP contribution in [0.25, 0.3) is 0 Å². The van der Waals surface area contributed by atoms with E-state index in [9.17, 15) is 0 Å². The number of hydrogen-bond acceptors (Lipinski definition) is 0. The molecule has 1 saturated carbocycles. The predicted molar refractivity (Wildman–Crippen MR) is 64.4 cm³/mol. The van der Waals surface area contributed by atoms with Gasteiger partial charge in [-0.3, -0.25) is 0 Å². The van der Waals surface area contributed by atoms with Crippen LogP contribution in [-0.4, -0.2) is 0 Å². The first-order valence-corrected chi connectivity index (χ1v) is 6.79. The van der Waals surface area contributed by atoms with Gasteiger partial charge in [0.25, 0.3) is 0 Å². The maximum absolute atomic E-state index is 2.51. The summed E-state index contributed by atoms with van der Waals surface area (Å²) >= 11 is 0. The minimum absolute atomic E-state index is 0.975. The van der Waals surface area contributed by atoms with Gasteiger partial charge < -0.3 is 0 Å². The normalized spacial score (nSPS) is 35.8. The summed E-state index contributed by atoms with van der Waals surface area (Å²) < 4.78 is 0. The van der Waals surface area contributed by atoms with Crippen molar-refractivity contribution in [2.24, 2.45) is 17.8 Å². The van der Waals surface area contributed by atoms with Crippen molar-refractivity contribution < 1.29 is 0 Å². The van der Waals surface area contributed by atoms with Gasteiger partial charge in [0.05, 0.1) is 0 Å². The highest BCUT2D eigenvalue weighted by Crippen LogP contribution is 2.34. The van der Waals surface area contributed by atoms with Crippen LogP contribution in [0, 0.1) is 17.8 Å². The summed E-state index contributed by atoms with van der Waals surface area (Å²) in [5, 5.41) is 0. The van der Waals surface area contributed by atoms with Crippen LogP contribution in [0.15, 0.2) is 0 Å². The molecule has 0 radical (unpaired) electrons. The van der Waals surface area contributed by atoms with E-state index >= 15 is 0 Å². The van der Waals surface area contributed by atoms with Gasteiger partial charge in [0.15, 0.2) is 0 Å². The second-order valence-electron chi connectivity index (χ2n) is 5.19. The van der Waals surface area contributed by atoms with Gasteiger partial charge in [-0.15, -0.1) is 0 Å². The lowest BCUT2D eigenvalue weighted by atomic mass is 9.77. The monoisotopic (exact) mass is 196 g/mol. The molecule has 3 atom stereocenters. The van der Waals surface area contributed by atoms with Crippen molar-refractivity contribution in [1.29, 1.82) is 0 Å². The van der Waals surface area contributed by atoms with Crippen molar-refractivity contribution in [2.75, 3.05) is 0 Å². The van der Waals surface area contributed by atoms with Crippen LogP contribution in [-0.2, 0) is 0 Å². The fraction of sp³-hybridized carbons (Fsp3) is 1.00. The first kappa shape index (κ1) is 12.1. The molecule has 1 aliphatic rings. The third kappa shape index (κ3) is 3.29. The Morgan fingerprint density at radius 2 is 1.21 bits per heavy atom. The van der Waals surface area contributed by atoms with E-state index < -0.39 is 0 Å². The van der Waals surface area contributed by atoms with Crippen LogP contribution in [0.3, 0.4) is 0 Å². The van der Waals surface area contributed by atoms with Crippen molar-refractivity contribution in [3.8, 4) is 0 Å². The van der Waals surface area contributed by atoms with Gasteiger partial charge in [-0.25, -0.2) is 0 Å². The molecule has 1 rings (SSSR count). The molecule has 1 aliphatic carbocycles. The fourth-order valence-corrected chi connectivity index (χ4v) is 3.23. The quantitative estimate of drug-likeness (QED) is 0.581. The van der Waals surface area contributed by atoms with Crippen molar-refractivity contribution in [2.45, 2.75) is 72.1 Å². The highest BCUT2D eigenvalue weighted by molar-refractivity contribution is 4.74. The summed E-state index contributed by atoms with van der Waals surface area (Å²) in [6, 6.07) is 0. The molecule has 0 heterocycles. The summed E-state index contributed by atoms with van der Waals surface area (Å²) in [5.41, 5.74) is 0. The Bertz CT molecular complexity index is 123. The summed E-state index contributed by atoms with van der Waals surface area (Å²) in [4.78, 5) is 0. The summed E-state index contributed by atoms with van der Waals surface area (Å²) in [6.45, 7) is 7.27. The highest BCUT2D eigenvalue weighted by atomic mass is 14.3. The molecular formula is C14H28. The maximum Gasteiger partial charge on any atom is -0.0386 e. The van der Waals surface area contributed by atoms with Gasteiger partial charge in [-0.05, 0) is 17.8 Å². The number of hydrogen-bond donors (Lipinski definition) is 0. The van der Waals surface area contributed by atoms with Gasteiger partial charge in [-0.2, -0.15) is 0 Å². The zero-order chi connectivity index (χ0) is 10.4. The van der Waals surface area contributed by atoms with E-state index in [1.807, 2.05) is 0 Å². The van der Waals surface area contributed by atoms with Crippen LogP contribution >= 0.6 is 0 Å². The Morgan fingerprint density at radius 3 is 1.57 bits per heavy atom. The Balaban J connectivity index is 2.55. The molecule has 0 aromatic carbocycles. The average molecular weight is 196 g/mol. The summed E-state index contributed by atoms with van der Waals surface area (Å²) in [5.74, 6) is 3.00. The Kier molecular flexibility index (Phi) is 5.59. The van der Waals surface area contributed by atoms with Crippen molar-refractivity contribution in [1.82, 2.24) is 0 Å². The third-order valence-electron chi connectivity index (χ3n) is 4.44. The largest absolute Gasteiger partial charge is 0.0651 e. The molecule has 0 spiro atoms. The van der Waals surface area contributed by atoms with E-state index in [2.05, 4.69) is 20.8 Å². The Hall–Kier alpha value is 0. The smallest absolute Gasteiger partial charge is 0.0386 e. The molecule has 84 valence electrons. The van der Waals surface area contributed by atoms with E-state index in [0.29, 0.717) is 0 Å². The standard InChI is InChI=1S/C14H28/c1-4-13-10-8-6-7-9-11-14(5-2)12(13)3/h12-14H,4-11H2,1-3H3/t12?,13-,14?/m0/s1. The highest BCUT2D eigenvalue weighted by Gasteiger charge is 2.23. The van der Waals surface area contributed by atoms with Crippen LogP contribution in [0.4, 0.5) is 0 Å². The molecule has 0 aromatic heterocycles. The Labute approximate surface area is 90.5 Å². The second-order valence-corrected chi connectivity index (χ2v) is 5.19. The van der Waals surface area contributed by atoms with Gasteiger partial charge in [0.2, 0.25) is 0 Å². The molecule has 0 nitrogen and oxygen atoms in total. The Morgan fingerprint density at radius 1 is 0.786 bits per heavy atom. The van der Waals surface area contributed by atoms with Crippen molar-refractivity contribution >= 4 is 0 Å². The van der Waals surface area contributed by atoms with E-state index in [-0.39, 0.29) is 0 Å². The van der Waals surface area contributed by atoms with Crippen LogP contribution in [0.2, 0.25) is 0 Å². The molecule has 0 amide bonds. The predicted octanol–water partition coefficient (Wildman–Crippen LogP) is 5.03. The zero-order valence-corrected chi connectivity index (χ0v) is 10.4. The first-order valence-electron chi connectivity index (χ1n) is 6.79. The molecule has 1 fully saturated rings. The molecule has 0 aromatic rings. The van der Waals surface area contributed by atoms with Crippen LogP contribution in [0.1, 0.15) is 72.1 Å². The van der Waals surface area contributed by atoms with Crippen LogP contribution < -0.4 is 0 Å². The summed E-state index contributed by atoms with van der Waals surface area (Å²) in [6.07, 6.45) is 11.7. The van der Waals surface area contributed by atoms with E-state index in [0.717, 1.165) is 17.8 Å². The lowest BCUT2D eigenvalue weighted by Gasteiger charge is -2.29. The SMILES string of the molecule is CCC1CCCCCC[C@H](CC)C1C. The molecule has 0 N–H and O–H groups in total. The van der Waals surface area contributed by atoms with Gasteiger partial charge >= 0.3 is 0 Å². The van der Waals surface area contributed by atoms with Gasteiger partial charge in [-0.1, -0.05) is 72.1 Å². The molecule has 0 aliphatic heterocycles. The minimum atomic E-state index is 0.975. The molecule has 0 heteroatoms. The van der Waals surface area contributed by atoms with Crippen molar-refractivity contribution in [3.63, 3.8) is 0 Å². The lowest BCUT2D eigenvalue weighted by Crippen LogP contribution is -2.19. The molecular weight excluding hydrogens is 168 g/mol. The topological polar surface area (TPSA) is 0 Å². The summed E-state index contributed by atoms with van der Waals surface area (Å²) in [7, 11) is 0. The lowest BCUT2D eigenvalue weighted by molar-refractivity contribution is 0.214. The zero-order valence-electron chi connectivity index (χ0n) is 10.4. The van der Waals surface area contributed by atoms with E-state index in [1.54, 1.807) is 0 Å². The molecule has 0 saturated heterocycles. The first-order chi connectivity index (χ1) is 6.79. The molecule has 2 unspecified atom stereocenters. The molecule has 14 heavy (non-hydrogen) atoms. The minimum Gasteiger partial charge on any atom is -0.0651 e. The van der Waals surface area contributed by atoms with Crippen LogP contribution in [0.5, 0.6) is 0 Å². The average Bonchev–Trinajstić information content (AvgIpc) is 2.29. The van der Waals surface area contributed by atoms with E-state index in [4.69, 9.17) is 0 Å².